The van der Waals surface area contributed by atoms with Crippen molar-refractivity contribution in [2.75, 3.05) is 36.5 Å². The van der Waals surface area contributed by atoms with Crippen molar-refractivity contribution in [1.29, 1.82) is 0 Å². The smallest absolute Gasteiger partial charge is 0.261 e. The lowest BCUT2D eigenvalue weighted by Gasteiger charge is -2.27. The van der Waals surface area contributed by atoms with Crippen molar-refractivity contribution < 1.29 is 4.79 Å². The Morgan fingerprint density at radius 1 is 1.38 bits per heavy atom. The van der Waals surface area contributed by atoms with Gasteiger partial charge < -0.3 is 14.8 Å². The molecule has 2 aromatic rings. The summed E-state index contributed by atoms with van der Waals surface area (Å²) in [6, 6.07) is 0. The lowest BCUT2D eigenvalue weighted by Crippen LogP contribution is -2.33. The van der Waals surface area contributed by atoms with Gasteiger partial charge in [0, 0.05) is 36.8 Å². The number of aromatic nitrogens is 4. The number of hydrogen-bond acceptors (Lipinski definition) is 7. The number of imidazole rings is 1. The SMILES string of the molecule is CSC1CCN(C(=O)C2=CN(c3ncnc4nc[nH]c34)CCS2)C1. The number of likely N-dealkylation sites (tertiary alicyclic amines) is 1. The zero-order valence-corrected chi connectivity index (χ0v) is 14.9. The van der Waals surface area contributed by atoms with Crippen molar-refractivity contribution in [1.82, 2.24) is 24.8 Å². The fourth-order valence-corrected chi connectivity index (χ4v) is 4.64. The highest BCUT2D eigenvalue weighted by atomic mass is 32.2. The fraction of sp³-hybridized carbons (Fsp3) is 0.467. The van der Waals surface area contributed by atoms with E-state index < -0.39 is 0 Å². The van der Waals surface area contributed by atoms with Crippen LogP contribution in [0, 0.1) is 0 Å². The van der Waals surface area contributed by atoms with Crippen LogP contribution in [0.2, 0.25) is 0 Å². The Hall–Kier alpha value is -1.74. The lowest BCUT2D eigenvalue weighted by atomic mass is 10.4. The minimum absolute atomic E-state index is 0.135. The van der Waals surface area contributed by atoms with E-state index in [0.29, 0.717) is 10.9 Å². The average molecular weight is 362 g/mol. The zero-order valence-electron chi connectivity index (χ0n) is 13.3. The molecule has 4 rings (SSSR count). The predicted octanol–water partition coefficient (Wildman–Crippen LogP) is 1.71. The van der Waals surface area contributed by atoms with E-state index in [2.05, 4.69) is 26.2 Å². The Morgan fingerprint density at radius 2 is 2.29 bits per heavy atom. The average Bonchev–Trinajstić information content (AvgIpc) is 3.29. The molecule has 1 saturated heterocycles. The summed E-state index contributed by atoms with van der Waals surface area (Å²) in [6.45, 7) is 2.50. The summed E-state index contributed by atoms with van der Waals surface area (Å²) in [4.78, 5) is 33.4. The summed E-state index contributed by atoms with van der Waals surface area (Å²) in [5.41, 5.74) is 1.44. The Balaban J connectivity index is 1.59. The predicted molar refractivity (Wildman–Crippen MR) is 98.1 cm³/mol. The van der Waals surface area contributed by atoms with Gasteiger partial charge in [0.05, 0.1) is 11.2 Å². The lowest BCUT2D eigenvalue weighted by molar-refractivity contribution is -0.125. The molecular weight excluding hydrogens is 344 g/mol. The molecule has 0 aliphatic carbocycles. The molecule has 0 saturated carbocycles. The van der Waals surface area contributed by atoms with E-state index >= 15 is 0 Å². The Morgan fingerprint density at radius 3 is 3.12 bits per heavy atom. The van der Waals surface area contributed by atoms with Gasteiger partial charge in [-0.15, -0.1) is 11.8 Å². The first-order valence-corrected chi connectivity index (χ1v) is 10.1. The van der Waals surface area contributed by atoms with Gasteiger partial charge in [0.25, 0.3) is 5.91 Å². The van der Waals surface area contributed by atoms with E-state index in [9.17, 15) is 4.79 Å². The van der Waals surface area contributed by atoms with Crippen LogP contribution in [-0.2, 0) is 4.79 Å². The van der Waals surface area contributed by atoms with E-state index in [-0.39, 0.29) is 5.91 Å². The number of carbonyl (C=O) groups excluding carboxylic acids is 1. The van der Waals surface area contributed by atoms with E-state index in [1.54, 1.807) is 18.1 Å². The molecule has 0 bridgehead atoms. The summed E-state index contributed by atoms with van der Waals surface area (Å²) >= 11 is 3.47. The number of thioether (sulfide) groups is 2. The number of hydrogen-bond donors (Lipinski definition) is 1. The highest BCUT2D eigenvalue weighted by molar-refractivity contribution is 8.04. The highest BCUT2D eigenvalue weighted by Crippen LogP contribution is 2.30. The molecule has 1 amide bonds. The number of H-pyrrole nitrogens is 1. The normalized spacial score (nSPS) is 21.4. The van der Waals surface area contributed by atoms with Gasteiger partial charge in [0.15, 0.2) is 11.5 Å². The minimum Gasteiger partial charge on any atom is -0.340 e. The molecule has 9 heteroatoms. The van der Waals surface area contributed by atoms with Crippen LogP contribution < -0.4 is 4.90 Å². The van der Waals surface area contributed by atoms with Crippen LogP contribution >= 0.6 is 23.5 Å². The Bertz CT molecular complexity index is 791. The van der Waals surface area contributed by atoms with E-state index in [1.807, 2.05) is 27.8 Å². The molecule has 126 valence electrons. The molecule has 2 aliphatic rings. The number of nitrogens with zero attached hydrogens (tertiary/aromatic N) is 5. The van der Waals surface area contributed by atoms with Gasteiger partial charge in [-0.3, -0.25) is 4.79 Å². The molecule has 4 heterocycles. The third kappa shape index (κ3) is 2.86. The number of amides is 1. The molecule has 1 fully saturated rings. The van der Waals surface area contributed by atoms with Crippen LogP contribution in [0.4, 0.5) is 5.82 Å². The summed E-state index contributed by atoms with van der Waals surface area (Å²) in [5, 5.41) is 0.561. The summed E-state index contributed by atoms with van der Waals surface area (Å²) in [6.07, 6.45) is 8.24. The van der Waals surface area contributed by atoms with E-state index in [0.717, 1.165) is 48.0 Å². The third-order valence-electron chi connectivity index (χ3n) is 4.31. The first kappa shape index (κ1) is 15.8. The first-order valence-electron chi connectivity index (χ1n) is 7.83. The maximum absolute atomic E-state index is 12.8. The molecular formula is C15H18N6OS2. The van der Waals surface area contributed by atoms with Crippen molar-refractivity contribution in [3.63, 3.8) is 0 Å². The van der Waals surface area contributed by atoms with Gasteiger partial charge in [0.1, 0.15) is 11.8 Å². The van der Waals surface area contributed by atoms with Crippen LogP contribution in [0.3, 0.4) is 0 Å². The molecule has 1 atom stereocenters. The molecule has 2 aromatic heterocycles. The van der Waals surface area contributed by atoms with Crippen LogP contribution in [0.5, 0.6) is 0 Å². The largest absolute Gasteiger partial charge is 0.340 e. The van der Waals surface area contributed by atoms with Crippen molar-refractivity contribution >= 4 is 46.4 Å². The maximum atomic E-state index is 12.8. The minimum atomic E-state index is 0.135. The monoisotopic (exact) mass is 362 g/mol. The third-order valence-corrected chi connectivity index (χ3v) is 6.34. The van der Waals surface area contributed by atoms with Crippen LogP contribution in [0.1, 0.15) is 6.42 Å². The van der Waals surface area contributed by atoms with Gasteiger partial charge in [-0.25, -0.2) is 15.0 Å². The van der Waals surface area contributed by atoms with Gasteiger partial charge >= 0.3 is 0 Å². The second-order valence-corrected chi connectivity index (χ2v) is 8.01. The number of aromatic amines is 1. The van der Waals surface area contributed by atoms with Crippen molar-refractivity contribution in [3.05, 3.63) is 23.8 Å². The molecule has 24 heavy (non-hydrogen) atoms. The second-order valence-electron chi connectivity index (χ2n) is 5.73. The van der Waals surface area contributed by atoms with Crippen molar-refractivity contribution in [3.8, 4) is 0 Å². The molecule has 2 aliphatic heterocycles. The van der Waals surface area contributed by atoms with Gasteiger partial charge in [0.2, 0.25) is 0 Å². The second kappa shape index (κ2) is 6.64. The topological polar surface area (TPSA) is 78.0 Å². The summed E-state index contributed by atoms with van der Waals surface area (Å²) in [5.74, 6) is 1.76. The number of fused-ring (bicyclic) bond motifs is 1. The Kier molecular flexibility index (Phi) is 4.36. The Labute approximate surface area is 148 Å². The maximum Gasteiger partial charge on any atom is 0.261 e. The van der Waals surface area contributed by atoms with Crippen molar-refractivity contribution in [2.24, 2.45) is 0 Å². The van der Waals surface area contributed by atoms with E-state index in [4.69, 9.17) is 0 Å². The number of carbonyl (C=O) groups is 1. The standard InChI is InChI=1S/C15H18N6OS2/c1-23-10-2-3-21(6-10)15(22)11-7-20(4-5-24-11)14-12-13(17-8-16-12)18-9-19-14/h7-10H,2-6H2,1H3,(H,16,17,18,19). The number of anilines is 1. The van der Waals surface area contributed by atoms with Crippen LogP contribution in [0.25, 0.3) is 11.2 Å². The molecule has 1 unspecified atom stereocenters. The highest BCUT2D eigenvalue weighted by Gasteiger charge is 2.29. The molecule has 1 N–H and O–H groups in total. The van der Waals surface area contributed by atoms with Crippen LogP contribution in [-0.4, -0.2) is 67.6 Å². The molecule has 7 nitrogen and oxygen atoms in total. The van der Waals surface area contributed by atoms with Crippen molar-refractivity contribution in [2.45, 2.75) is 11.7 Å². The number of rotatable bonds is 3. The quantitative estimate of drug-likeness (QED) is 0.890. The van der Waals surface area contributed by atoms with Gasteiger partial charge in [-0.1, -0.05) is 0 Å². The summed E-state index contributed by atoms with van der Waals surface area (Å²) < 4.78 is 0. The van der Waals surface area contributed by atoms with Gasteiger partial charge in [-0.2, -0.15) is 11.8 Å². The van der Waals surface area contributed by atoms with Crippen LogP contribution in [0.15, 0.2) is 23.8 Å². The molecule has 0 radical (unpaired) electrons. The fourth-order valence-electron chi connectivity index (χ4n) is 3.01. The summed E-state index contributed by atoms with van der Waals surface area (Å²) in [7, 11) is 0. The molecule has 0 spiro atoms. The number of nitrogens with one attached hydrogen (secondary N) is 1. The van der Waals surface area contributed by atoms with E-state index in [1.165, 1.54) is 6.33 Å². The molecule has 0 aromatic carbocycles. The zero-order chi connectivity index (χ0) is 16.5. The first-order chi connectivity index (χ1) is 11.8. The van der Waals surface area contributed by atoms with Gasteiger partial charge in [-0.05, 0) is 12.7 Å².